The van der Waals surface area contributed by atoms with Crippen LogP contribution in [0, 0.1) is 0 Å². The summed E-state index contributed by atoms with van der Waals surface area (Å²) in [6, 6.07) is 28.4. The van der Waals surface area contributed by atoms with Crippen LogP contribution >= 0.6 is 30.3 Å². The Labute approximate surface area is 162 Å². The zero-order valence-corrected chi connectivity index (χ0v) is 16.2. The summed E-state index contributed by atoms with van der Waals surface area (Å²) in [5, 5.41) is 4.88. The zero-order chi connectivity index (χ0) is 18.1. The molecule has 0 N–H and O–H groups in total. The summed E-state index contributed by atoms with van der Waals surface area (Å²) in [4.78, 5) is 0. The topological polar surface area (TPSA) is 17.1 Å². The van der Waals surface area contributed by atoms with Gasteiger partial charge in [0.2, 0.25) is 0 Å². The molecule has 1 nitrogen and oxygen atoms in total. The van der Waals surface area contributed by atoms with Gasteiger partial charge in [-0.2, -0.15) is 0 Å². The third kappa shape index (κ3) is 2.77. The first-order chi connectivity index (χ1) is 12.6. The fourth-order valence-electron chi connectivity index (χ4n) is 3.29. The van der Waals surface area contributed by atoms with E-state index >= 15 is 0 Å². The molecule has 4 heteroatoms. The van der Waals surface area contributed by atoms with Crippen LogP contribution in [0.5, 0.6) is 0 Å². The lowest BCUT2D eigenvalue weighted by Gasteiger charge is -2.23. The third-order valence-electron chi connectivity index (χ3n) is 4.49. The van der Waals surface area contributed by atoms with Crippen LogP contribution in [0.1, 0.15) is 0 Å². The molecule has 0 heterocycles. The molecule has 0 saturated heterocycles. The number of hydrogen-bond acceptors (Lipinski definition) is 1. The van der Waals surface area contributed by atoms with Crippen LogP contribution in [0.25, 0.3) is 10.8 Å². The molecule has 0 bridgehead atoms. The molecule has 0 radical (unpaired) electrons. The summed E-state index contributed by atoms with van der Waals surface area (Å²) in [6.07, 6.45) is 0. The van der Waals surface area contributed by atoms with Crippen molar-refractivity contribution in [2.24, 2.45) is 0 Å². The Balaban J connectivity index is 2.15. The van der Waals surface area contributed by atoms with Gasteiger partial charge in [-0.1, -0.05) is 89.9 Å². The van der Waals surface area contributed by atoms with Gasteiger partial charge in [0.05, 0.1) is 10.0 Å². The first-order valence-corrected chi connectivity index (χ1v) is 10.7. The van der Waals surface area contributed by atoms with Gasteiger partial charge in [0, 0.05) is 15.9 Å². The van der Waals surface area contributed by atoms with Crippen molar-refractivity contribution in [1.82, 2.24) is 0 Å². The van der Waals surface area contributed by atoms with Crippen molar-refractivity contribution in [2.75, 3.05) is 0 Å². The number of halogens is 2. The second-order valence-electron chi connectivity index (χ2n) is 6.01. The Morgan fingerprint density at radius 1 is 0.538 bits per heavy atom. The summed E-state index contributed by atoms with van der Waals surface area (Å²) < 4.78 is 14.7. The molecule has 4 aromatic rings. The largest absolute Gasteiger partial charge is 0.309 e. The van der Waals surface area contributed by atoms with Crippen molar-refractivity contribution in [3.63, 3.8) is 0 Å². The molecule has 26 heavy (non-hydrogen) atoms. The number of hydrogen-bond donors (Lipinski definition) is 0. The summed E-state index contributed by atoms with van der Waals surface area (Å²) in [6.45, 7) is 0. The van der Waals surface area contributed by atoms with Gasteiger partial charge in [-0.3, -0.25) is 0 Å². The van der Waals surface area contributed by atoms with Gasteiger partial charge in [-0.05, 0) is 35.0 Å². The van der Waals surface area contributed by atoms with Gasteiger partial charge in [0.1, 0.15) is 0 Å². The molecule has 4 aromatic carbocycles. The molecule has 0 unspecified atom stereocenters. The Morgan fingerprint density at radius 2 is 1.00 bits per heavy atom. The molecular weight excluding hydrogens is 382 g/mol. The molecule has 0 saturated carbocycles. The highest BCUT2D eigenvalue weighted by Gasteiger charge is 2.34. The molecule has 0 amide bonds. The highest BCUT2D eigenvalue weighted by atomic mass is 35.5. The lowest BCUT2D eigenvalue weighted by atomic mass is 10.1. The molecular formula is C22H15Cl2OP. The minimum Gasteiger partial charge on any atom is -0.309 e. The first-order valence-electron chi connectivity index (χ1n) is 8.21. The van der Waals surface area contributed by atoms with Gasteiger partial charge < -0.3 is 4.57 Å². The monoisotopic (exact) mass is 396 g/mol. The van der Waals surface area contributed by atoms with Crippen LogP contribution in [0.15, 0.2) is 91.0 Å². The number of fused-ring (bicyclic) bond motifs is 1. The summed E-state index contributed by atoms with van der Waals surface area (Å²) in [7, 11) is -3.26. The van der Waals surface area contributed by atoms with E-state index in [0.29, 0.717) is 20.7 Å². The third-order valence-corrected chi connectivity index (χ3v) is 8.62. The average molecular weight is 397 g/mol. The van der Waals surface area contributed by atoms with E-state index < -0.39 is 7.14 Å². The Hall–Kier alpha value is -2.05. The SMILES string of the molecule is O=P(c1ccccc1Cl)(c1ccccc1Cl)c1cccc2ccccc12. The maximum absolute atomic E-state index is 14.7. The van der Waals surface area contributed by atoms with E-state index in [1.54, 1.807) is 12.1 Å². The minimum atomic E-state index is -3.26. The van der Waals surface area contributed by atoms with Crippen molar-refractivity contribution in [3.05, 3.63) is 101 Å². The smallest absolute Gasteiger partial charge is 0.174 e. The number of benzene rings is 4. The van der Waals surface area contributed by atoms with Crippen LogP contribution in [0.2, 0.25) is 10.0 Å². The van der Waals surface area contributed by atoms with Gasteiger partial charge in [-0.15, -0.1) is 0 Å². The second-order valence-corrected chi connectivity index (χ2v) is 9.49. The van der Waals surface area contributed by atoms with Crippen LogP contribution in [-0.2, 0) is 4.57 Å². The second kappa shape index (κ2) is 6.93. The van der Waals surface area contributed by atoms with E-state index in [9.17, 15) is 4.57 Å². The number of rotatable bonds is 3. The summed E-state index contributed by atoms with van der Waals surface area (Å²) in [5.74, 6) is 0. The van der Waals surface area contributed by atoms with E-state index in [1.807, 2.05) is 78.9 Å². The first kappa shape index (κ1) is 17.4. The highest BCUT2D eigenvalue weighted by Crippen LogP contribution is 2.47. The molecule has 4 rings (SSSR count). The Bertz CT molecular complexity index is 1100. The van der Waals surface area contributed by atoms with Crippen LogP contribution < -0.4 is 15.9 Å². The van der Waals surface area contributed by atoms with Crippen molar-refractivity contribution in [2.45, 2.75) is 0 Å². The standard InChI is InChI=1S/C22H15Cl2OP/c23-18-11-3-5-13-21(18)26(25,22-14-6-4-12-19(22)24)20-15-7-9-16-8-1-2-10-17(16)20/h1-15H. The molecule has 0 atom stereocenters. The van der Waals surface area contributed by atoms with Crippen molar-refractivity contribution < 1.29 is 4.57 Å². The van der Waals surface area contributed by atoms with Crippen LogP contribution in [0.3, 0.4) is 0 Å². The predicted octanol–water partition coefficient (Wildman–Crippen LogP) is 5.79. The van der Waals surface area contributed by atoms with Gasteiger partial charge in [0.25, 0.3) is 0 Å². The summed E-state index contributed by atoms with van der Waals surface area (Å²) in [5.41, 5.74) is 0. The summed E-state index contributed by atoms with van der Waals surface area (Å²) >= 11 is 13.0. The van der Waals surface area contributed by atoms with Gasteiger partial charge in [-0.25, -0.2) is 0 Å². The lowest BCUT2D eigenvalue weighted by molar-refractivity contribution is 0.592. The molecule has 0 fully saturated rings. The molecule has 0 spiro atoms. The highest BCUT2D eigenvalue weighted by molar-refractivity contribution is 7.86. The zero-order valence-electron chi connectivity index (χ0n) is 13.8. The van der Waals surface area contributed by atoms with E-state index in [4.69, 9.17) is 23.2 Å². The van der Waals surface area contributed by atoms with E-state index in [1.165, 1.54) is 0 Å². The molecule has 128 valence electrons. The van der Waals surface area contributed by atoms with E-state index in [0.717, 1.165) is 16.1 Å². The predicted molar refractivity (Wildman–Crippen MR) is 113 cm³/mol. The Morgan fingerprint density at radius 3 is 1.62 bits per heavy atom. The molecule has 0 aromatic heterocycles. The molecule has 0 aliphatic carbocycles. The quantitative estimate of drug-likeness (QED) is 0.400. The van der Waals surface area contributed by atoms with Crippen molar-refractivity contribution in [3.8, 4) is 0 Å². The minimum absolute atomic E-state index is 0.476. The maximum atomic E-state index is 14.7. The molecule has 0 aliphatic heterocycles. The van der Waals surface area contributed by atoms with Crippen molar-refractivity contribution in [1.29, 1.82) is 0 Å². The van der Waals surface area contributed by atoms with E-state index in [2.05, 4.69) is 0 Å². The fourth-order valence-corrected chi connectivity index (χ4v) is 7.23. The lowest BCUT2D eigenvalue weighted by Crippen LogP contribution is -2.27. The van der Waals surface area contributed by atoms with Gasteiger partial charge in [0.15, 0.2) is 7.14 Å². The van der Waals surface area contributed by atoms with Crippen molar-refractivity contribution >= 4 is 57.0 Å². The van der Waals surface area contributed by atoms with E-state index in [-0.39, 0.29) is 0 Å². The fraction of sp³-hybridized carbons (Fsp3) is 0. The van der Waals surface area contributed by atoms with Crippen LogP contribution in [0.4, 0.5) is 0 Å². The Kier molecular flexibility index (Phi) is 4.63. The normalized spacial score (nSPS) is 11.6. The van der Waals surface area contributed by atoms with Crippen LogP contribution in [-0.4, -0.2) is 0 Å². The average Bonchev–Trinajstić information content (AvgIpc) is 2.68. The maximum Gasteiger partial charge on any atom is 0.174 e. The molecule has 0 aliphatic rings. The van der Waals surface area contributed by atoms with Gasteiger partial charge >= 0.3 is 0 Å².